The molecular formula is C13H14ClNO3. The number of nitrogens with one attached hydrogen (secondary N) is 1. The number of Topliss-reactive ketones (excluding diaryl/α,β-unsaturated/α-hetero) is 1. The second-order valence-corrected chi connectivity index (χ2v) is 4.37. The minimum atomic E-state index is -0.0819. The molecule has 0 amide bonds. The number of furan rings is 1. The smallest absolute Gasteiger partial charge is 0.178 e. The van der Waals surface area contributed by atoms with Crippen molar-refractivity contribution >= 4 is 28.4 Å². The highest BCUT2D eigenvalue weighted by Gasteiger charge is 2.19. The molecule has 1 N–H and O–H groups in total. The number of fused-ring (bicyclic) bond motifs is 1. The Kier molecular flexibility index (Phi) is 3.59. The maximum Gasteiger partial charge on any atom is 0.178 e. The molecule has 96 valence electrons. The van der Waals surface area contributed by atoms with Gasteiger partial charge in [-0.3, -0.25) is 4.79 Å². The second kappa shape index (κ2) is 5.00. The first kappa shape index (κ1) is 12.9. The van der Waals surface area contributed by atoms with E-state index in [9.17, 15) is 4.79 Å². The number of likely N-dealkylation sites (N-methyl/N-ethyl adjacent to an activating group) is 1. The number of ether oxygens (including phenoxy) is 1. The van der Waals surface area contributed by atoms with E-state index in [0.717, 1.165) is 5.76 Å². The van der Waals surface area contributed by atoms with E-state index in [1.165, 1.54) is 7.11 Å². The summed E-state index contributed by atoms with van der Waals surface area (Å²) in [4.78, 5) is 12.0. The zero-order valence-electron chi connectivity index (χ0n) is 10.5. The van der Waals surface area contributed by atoms with E-state index in [1.54, 1.807) is 19.2 Å². The third-order valence-electron chi connectivity index (χ3n) is 2.69. The van der Waals surface area contributed by atoms with Gasteiger partial charge in [-0.2, -0.15) is 0 Å². The van der Waals surface area contributed by atoms with Gasteiger partial charge in [-0.1, -0.05) is 11.6 Å². The summed E-state index contributed by atoms with van der Waals surface area (Å²) >= 11 is 6.25. The molecule has 1 aromatic heterocycles. The summed E-state index contributed by atoms with van der Waals surface area (Å²) in [6.45, 7) is 2.05. The van der Waals surface area contributed by atoms with Crippen LogP contribution in [0, 0.1) is 6.92 Å². The Bertz CT molecular complexity index is 604. The van der Waals surface area contributed by atoms with Crippen LogP contribution in [0.5, 0.6) is 5.75 Å². The van der Waals surface area contributed by atoms with Crippen LogP contribution in [-0.2, 0) is 0 Å². The molecule has 2 rings (SSSR count). The van der Waals surface area contributed by atoms with Crippen LogP contribution in [0.15, 0.2) is 16.5 Å². The van der Waals surface area contributed by atoms with Gasteiger partial charge >= 0.3 is 0 Å². The predicted octanol–water partition coefficient (Wildman–Crippen LogP) is 2.81. The topological polar surface area (TPSA) is 51.5 Å². The van der Waals surface area contributed by atoms with Crippen LogP contribution < -0.4 is 10.1 Å². The number of hydrogen-bond donors (Lipinski definition) is 1. The van der Waals surface area contributed by atoms with E-state index < -0.39 is 0 Å². The highest BCUT2D eigenvalue weighted by molar-refractivity contribution is 6.39. The zero-order chi connectivity index (χ0) is 13.3. The molecule has 0 saturated heterocycles. The second-order valence-electron chi connectivity index (χ2n) is 3.99. The summed E-state index contributed by atoms with van der Waals surface area (Å²) in [5, 5.41) is 3.92. The molecule has 0 aliphatic carbocycles. The minimum Gasteiger partial charge on any atom is -0.493 e. The Morgan fingerprint density at radius 2 is 2.22 bits per heavy atom. The van der Waals surface area contributed by atoms with E-state index in [4.69, 9.17) is 20.8 Å². The van der Waals surface area contributed by atoms with Crippen LogP contribution >= 0.6 is 11.6 Å². The van der Waals surface area contributed by atoms with E-state index in [2.05, 4.69) is 5.32 Å². The molecule has 1 aromatic carbocycles. The number of ketones is 1. The fourth-order valence-electron chi connectivity index (χ4n) is 1.88. The monoisotopic (exact) mass is 267 g/mol. The molecule has 0 radical (unpaired) electrons. The van der Waals surface area contributed by atoms with Crippen molar-refractivity contribution < 1.29 is 13.9 Å². The molecular weight excluding hydrogens is 254 g/mol. The standard InChI is InChI=1S/C13H14ClNO3/c1-7-4-9-12(14)8(10(16)6-15-2)5-11(17-3)13(9)18-7/h4-5,15H,6H2,1-3H3. The Morgan fingerprint density at radius 3 is 2.83 bits per heavy atom. The van der Waals surface area contributed by atoms with Crippen molar-refractivity contribution in [3.05, 3.63) is 28.5 Å². The number of hydrogen-bond acceptors (Lipinski definition) is 4. The minimum absolute atomic E-state index is 0.0819. The lowest BCUT2D eigenvalue weighted by molar-refractivity contribution is 0.0993. The van der Waals surface area contributed by atoms with Crippen molar-refractivity contribution in [3.63, 3.8) is 0 Å². The third kappa shape index (κ3) is 2.09. The average Bonchev–Trinajstić information content (AvgIpc) is 2.72. The molecule has 0 unspecified atom stereocenters. The molecule has 0 spiro atoms. The zero-order valence-corrected chi connectivity index (χ0v) is 11.2. The quantitative estimate of drug-likeness (QED) is 0.866. The van der Waals surface area contributed by atoms with Crippen molar-refractivity contribution in [2.75, 3.05) is 20.7 Å². The Morgan fingerprint density at radius 1 is 1.50 bits per heavy atom. The fourth-order valence-corrected chi connectivity index (χ4v) is 2.18. The molecule has 2 aromatic rings. The molecule has 0 saturated carbocycles. The van der Waals surface area contributed by atoms with Gasteiger partial charge in [0.15, 0.2) is 17.1 Å². The van der Waals surface area contributed by atoms with Crippen LogP contribution in [0.3, 0.4) is 0 Å². The van der Waals surface area contributed by atoms with Gasteiger partial charge in [0.1, 0.15) is 5.76 Å². The van der Waals surface area contributed by atoms with E-state index in [0.29, 0.717) is 27.3 Å². The molecule has 0 aliphatic heterocycles. The lowest BCUT2D eigenvalue weighted by Gasteiger charge is -2.07. The van der Waals surface area contributed by atoms with Crippen LogP contribution in [0.4, 0.5) is 0 Å². The number of carbonyl (C=O) groups excluding carboxylic acids is 1. The summed E-state index contributed by atoms with van der Waals surface area (Å²) < 4.78 is 10.8. The average molecular weight is 268 g/mol. The Hall–Kier alpha value is -1.52. The molecule has 0 atom stereocenters. The first-order valence-electron chi connectivity index (χ1n) is 5.53. The van der Waals surface area contributed by atoms with Gasteiger partial charge in [0.2, 0.25) is 0 Å². The number of methoxy groups -OCH3 is 1. The normalized spacial score (nSPS) is 10.9. The van der Waals surface area contributed by atoms with Crippen molar-refractivity contribution in [1.29, 1.82) is 0 Å². The Labute approximate surface area is 110 Å². The molecule has 5 heteroatoms. The van der Waals surface area contributed by atoms with Crippen LogP contribution in [0.25, 0.3) is 11.0 Å². The Balaban J connectivity index is 2.68. The van der Waals surface area contributed by atoms with Gasteiger partial charge in [0.25, 0.3) is 0 Å². The summed E-state index contributed by atoms with van der Waals surface area (Å²) in [7, 11) is 3.25. The number of carbonyl (C=O) groups is 1. The van der Waals surface area contributed by atoms with Crippen molar-refractivity contribution in [2.45, 2.75) is 6.92 Å². The van der Waals surface area contributed by atoms with E-state index >= 15 is 0 Å². The number of halogens is 1. The fraction of sp³-hybridized carbons (Fsp3) is 0.308. The lowest BCUT2D eigenvalue weighted by Crippen LogP contribution is -2.18. The third-order valence-corrected chi connectivity index (χ3v) is 3.09. The molecule has 0 fully saturated rings. The maximum atomic E-state index is 12.0. The first-order valence-corrected chi connectivity index (χ1v) is 5.90. The highest BCUT2D eigenvalue weighted by atomic mass is 35.5. The van der Waals surface area contributed by atoms with Crippen molar-refractivity contribution in [3.8, 4) is 5.75 Å². The number of benzene rings is 1. The number of aryl methyl sites for hydroxylation is 1. The van der Waals surface area contributed by atoms with E-state index in [1.807, 2.05) is 6.92 Å². The van der Waals surface area contributed by atoms with Crippen molar-refractivity contribution in [1.82, 2.24) is 5.32 Å². The van der Waals surface area contributed by atoms with Gasteiger partial charge in [-0.05, 0) is 26.1 Å². The highest BCUT2D eigenvalue weighted by Crippen LogP contribution is 2.36. The van der Waals surface area contributed by atoms with Crippen molar-refractivity contribution in [2.24, 2.45) is 0 Å². The predicted molar refractivity (Wildman–Crippen MR) is 70.8 cm³/mol. The SMILES string of the molecule is CNCC(=O)c1cc(OC)c2oc(C)cc2c1Cl. The van der Waals surface area contributed by atoms with Crippen LogP contribution in [0.1, 0.15) is 16.1 Å². The molecule has 1 heterocycles. The van der Waals surface area contributed by atoms with Crippen LogP contribution in [0.2, 0.25) is 5.02 Å². The first-order chi connectivity index (χ1) is 8.58. The summed E-state index contributed by atoms with van der Waals surface area (Å²) in [5.41, 5.74) is 1.01. The molecule has 0 bridgehead atoms. The van der Waals surface area contributed by atoms with Gasteiger partial charge in [-0.25, -0.2) is 0 Å². The summed E-state index contributed by atoms with van der Waals surface area (Å²) in [5.74, 6) is 1.16. The maximum absolute atomic E-state index is 12.0. The summed E-state index contributed by atoms with van der Waals surface area (Å²) in [6.07, 6.45) is 0. The van der Waals surface area contributed by atoms with Gasteiger partial charge in [0.05, 0.1) is 18.7 Å². The van der Waals surface area contributed by atoms with Crippen LogP contribution in [-0.4, -0.2) is 26.5 Å². The number of rotatable bonds is 4. The van der Waals surface area contributed by atoms with Gasteiger partial charge in [0, 0.05) is 10.9 Å². The van der Waals surface area contributed by atoms with E-state index in [-0.39, 0.29) is 12.3 Å². The summed E-state index contributed by atoms with van der Waals surface area (Å²) in [6, 6.07) is 3.42. The molecule has 18 heavy (non-hydrogen) atoms. The molecule has 0 aliphatic rings. The van der Waals surface area contributed by atoms with Gasteiger partial charge in [-0.15, -0.1) is 0 Å². The lowest BCUT2D eigenvalue weighted by atomic mass is 10.1. The molecule has 4 nitrogen and oxygen atoms in total. The van der Waals surface area contributed by atoms with Gasteiger partial charge < -0.3 is 14.5 Å². The largest absolute Gasteiger partial charge is 0.493 e.